The zero-order chi connectivity index (χ0) is 70.9. The lowest BCUT2D eigenvalue weighted by Crippen LogP contribution is -2.27. The molecule has 5 aliphatic rings. The SMILES string of the molecule is CCCCCCCCC1(CCCCCCCC)c2cc3c(cc2-c2cc4c(cc21)-c1cc2c(cc1C4(CCCCCCCC)CCCCCCCC)-c1c(cc(-c4ccc5sc6ccccc6c5c4)c4ccccc14)C2(C)C)C(C)(C)C1=C3c2ccccc2[C@H](c2ccc3sc4ccccc4c3c2)C1. The number of thiophene rings is 2. The summed E-state index contributed by atoms with van der Waals surface area (Å²) in [6, 6.07) is 72.2. The summed E-state index contributed by atoms with van der Waals surface area (Å²) in [5, 5.41) is 8.31. The van der Waals surface area contributed by atoms with Gasteiger partial charge in [-0.1, -0.05) is 312 Å². The van der Waals surface area contributed by atoms with Gasteiger partial charge < -0.3 is 0 Å². The van der Waals surface area contributed by atoms with Gasteiger partial charge in [0.2, 0.25) is 0 Å². The third-order valence-electron chi connectivity index (χ3n) is 27.1. The van der Waals surface area contributed by atoms with Crippen LogP contribution in [0.4, 0.5) is 0 Å². The zero-order valence-corrected chi connectivity index (χ0v) is 65.8. The fourth-order valence-corrected chi connectivity index (χ4v) is 23.7. The molecule has 0 N–H and O–H groups in total. The molecule has 0 saturated heterocycles. The number of rotatable bonds is 30. The van der Waals surface area contributed by atoms with Crippen molar-refractivity contribution in [1.82, 2.24) is 0 Å². The van der Waals surface area contributed by atoms with E-state index in [1.165, 1.54) is 287 Å². The quantitative estimate of drug-likeness (QED) is 0.0394. The molecule has 0 saturated carbocycles. The van der Waals surface area contributed by atoms with Crippen molar-refractivity contribution in [3.63, 3.8) is 0 Å². The Morgan fingerprint density at radius 3 is 1.22 bits per heavy atom. The van der Waals surface area contributed by atoms with Gasteiger partial charge in [-0.25, -0.2) is 0 Å². The summed E-state index contributed by atoms with van der Waals surface area (Å²) in [6.07, 6.45) is 37.4. The maximum atomic E-state index is 2.96. The van der Waals surface area contributed by atoms with Gasteiger partial charge in [0.05, 0.1) is 0 Å². The summed E-state index contributed by atoms with van der Waals surface area (Å²) in [7, 11) is 0. The van der Waals surface area contributed by atoms with Gasteiger partial charge in [0.25, 0.3) is 0 Å². The van der Waals surface area contributed by atoms with E-state index in [9.17, 15) is 0 Å². The summed E-state index contributed by atoms with van der Waals surface area (Å²) in [6.45, 7) is 19.9. The molecule has 0 spiro atoms. The lowest BCUT2D eigenvalue weighted by Gasteiger charge is -2.35. The molecule has 2 heterocycles. The predicted molar refractivity (Wildman–Crippen MR) is 456 cm³/mol. The van der Waals surface area contributed by atoms with Gasteiger partial charge in [-0.15, -0.1) is 22.7 Å². The number of hydrogen-bond donors (Lipinski definition) is 0. The standard InChI is InChI=1S/C102H112S2/c1-9-13-17-21-25-37-53-101(54-38-26-22-18-14-10-2)87-63-80-78-62-86-84(98-74-46-32-30-42-70(74)76(60-92(98)100(86,7)8)68-50-52-96-82(58-68)72-44-34-36-48-94(72)104-96)66-90(78)102(55-39-27-23-19-15-11-3,56-40-28-24-20-16-12-4)88(80)64-79(87)77-61-85-83(65-89(77)101)97-73-45-31-29-41-69(73)75(59-91(97)99(85,5)6)67-49-51-95-81(57-67)71-43-33-35-47-93(71)103-95/h29-36,41-52,57-59,61-66,76H,9-28,37-40,53-56,60H2,1-8H3/t76-/m0/s1. The molecule has 0 bridgehead atoms. The van der Waals surface area contributed by atoms with E-state index in [1.807, 2.05) is 22.7 Å². The molecule has 0 aliphatic heterocycles. The highest BCUT2D eigenvalue weighted by Crippen LogP contribution is 2.66. The largest absolute Gasteiger partial charge is 0.135 e. The van der Waals surface area contributed by atoms with Crippen molar-refractivity contribution < 1.29 is 0 Å². The first-order valence-electron chi connectivity index (χ1n) is 41.7. The van der Waals surface area contributed by atoms with Gasteiger partial charge in [-0.05, 0) is 233 Å². The van der Waals surface area contributed by atoms with Crippen LogP contribution >= 0.6 is 22.7 Å². The third-order valence-corrected chi connectivity index (χ3v) is 29.4. The number of unbranched alkanes of at least 4 members (excludes halogenated alkanes) is 20. The summed E-state index contributed by atoms with van der Waals surface area (Å²) < 4.78 is 5.51. The molecular weight excluding hydrogens is 1290 g/mol. The monoisotopic (exact) mass is 1400 g/mol. The van der Waals surface area contributed by atoms with Crippen LogP contribution in [0.25, 0.3) is 101 Å². The fourth-order valence-electron chi connectivity index (χ4n) is 21.5. The van der Waals surface area contributed by atoms with Gasteiger partial charge in [0.1, 0.15) is 0 Å². The second-order valence-electron chi connectivity index (χ2n) is 34.1. The fraction of sp³-hybridized carbons (Fsp3) is 0.412. The molecule has 0 amide bonds. The molecule has 10 aromatic carbocycles. The predicted octanol–water partition coefficient (Wildman–Crippen LogP) is 31.7. The van der Waals surface area contributed by atoms with E-state index in [4.69, 9.17) is 0 Å². The summed E-state index contributed by atoms with van der Waals surface area (Å²) in [5.74, 6) is 0.286. The molecule has 0 nitrogen and oxygen atoms in total. The van der Waals surface area contributed by atoms with E-state index >= 15 is 0 Å². The minimum absolute atomic E-state index is 0.100. The lowest BCUT2D eigenvalue weighted by molar-refractivity contribution is 0.394. The number of allylic oxidation sites excluding steroid dienone is 1. The second-order valence-corrected chi connectivity index (χ2v) is 36.2. The van der Waals surface area contributed by atoms with Crippen LogP contribution in [0.1, 0.15) is 309 Å². The first-order valence-corrected chi connectivity index (χ1v) is 43.4. The Labute approximate surface area is 631 Å². The highest BCUT2D eigenvalue weighted by Gasteiger charge is 2.52. The minimum atomic E-state index is -0.223. The summed E-state index contributed by atoms with van der Waals surface area (Å²) in [5.41, 5.74) is 31.7. The molecule has 17 rings (SSSR count). The van der Waals surface area contributed by atoms with E-state index in [0.717, 1.165) is 6.42 Å². The van der Waals surface area contributed by atoms with Crippen molar-refractivity contribution in [2.45, 2.75) is 269 Å². The van der Waals surface area contributed by atoms with E-state index in [2.05, 4.69) is 231 Å². The van der Waals surface area contributed by atoms with E-state index in [0.29, 0.717) is 0 Å². The molecule has 5 aliphatic carbocycles. The van der Waals surface area contributed by atoms with Crippen LogP contribution in [0, 0.1) is 0 Å². The van der Waals surface area contributed by atoms with Gasteiger partial charge >= 0.3 is 0 Å². The Morgan fingerprint density at radius 2 is 0.692 bits per heavy atom. The third kappa shape index (κ3) is 11.7. The van der Waals surface area contributed by atoms with Crippen LogP contribution in [-0.4, -0.2) is 0 Å². The zero-order valence-electron chi connectivity index (χ0n) is 64.1. The van der Waals surface area contributed by atoms with Crippen molar-refractivity contribution >= 4 is 79.4 Å². The molecule has 12 aromatic rings. The van der Waals surface area contributed by atoms with Crippen LogP contribution in [-0.2, 0) is 21.7 Å². The highest BCUT2D eigenvalue weighted by molar-refractivity contribution is 7.26. The minimum Gasteiger partial charge on any atom is -0.135 e. The smallest absolute Gasteiger partial charge is 0.0355 e. The highest BCUT2D eigenvalue weighted by atomic mass is 32.1. The average Bonchev–Trinajstić information content (AvgIpc) is 1.51. The summed E-state index contributed by atoms with van der Waals surface area (Å²) >= 11 is 3.86. The first-order chi connectivity index (χ1) is 50.9. The molecule has 104 heavy (non-hydrogen) atoms. The first kappa shape index (κ1) is 69.7. The molecule has 2 aromatic heterocycles. The lowest BCUT2D eigenvalue weighted by atomic mass is 9.68. The molecule has 532 valence electrons. The topological polar surface area (TPSA) is 0 Å². The van der Waals surface area contributed by atoms with Crippen molar-refractivity contribution in [2.75, 3.05) is 0 Å². The van der Waals surface area contributed by atoms with Crippen molar-refractivity contribution in [1.29, 1.82) is 0 Å². The second kappa shape index (κ2) is 28.7. The molecule has 0 unspecified atom stereocenters. The van der Waals surface area contributed by atoms with Gasteiger partial charge in [-0.2, -0.15) is 0 Å². The van der Waals surface area contributed by atoms with E-state index < -0.39 is 0 Å². The normalized spacial score (nSPS) is 16.5. The Bertz CT molecular complexity index is 5240. The van der Waals surface area contributed by atoms with Crippen LogP contribution in [0.5, 0.6) is 0 Å². The van der Waals surface area contributed by atoms with Crippen molar-refractivity contribution in [2.24, 2.45) is 0 Å². The van der Waals surface area contributed by atoms with Crippen LogP contribution in [0.2, 0.25) is 0 Å². The molecule has 1 atom stereocenters. The summed E-state index contributed by atoms with van der Waals surface area (Å²) in [4.78, 5) is 0. The van der Waals surface area contributed by atoms with E-state index in [-0.39, 0.29) is 27.6 Å². The van der Waals surface area contributed by atoms with Crippen LogP contribution < -0.4 is 0 Å². The number of fused-ring (bicyclic) bond motifs is 21. The number of benzene rings is 10. The van der Waals surface area contributed by atoms with Crippen LogP contribution in [0.15, 0.2) is 181 Å². The average molecular weight is 1400 g/mol. The molecule has 2 heteroatoms. The van der Waals surface area contributed by atoms with Crippen molar-refractivity contribution in [3.8, 4) is 44.5 Å². The van der Waals surface area contributed by atoms with Gasteiger partial charge in [0, 0.05) is 67.9 Å². The van der Waals surface area contributed by atoms with Crippen molar-refractivity contribution in [3.05, 3.63) is 243 Å². The molecular formula is C102H112S2. The molecule has 0 fully saturated rings. The molecule has 0 radical (unpaired) electrons. The Hall–Kier alpha value is -7.36. The number of hydrogen-bond acceptors (Lipinski definition) is 2. The Morgan fingerprint density at radius 1 is 0.298 bits per heavy atom. The van der Waals surface area contributed by atoms with Crippen LogP contribution in [0.3, 0.4) is 0 Å². The Kier molecular flexibility index (Phi) is 19.3. The maximum Gasteiger partial charge on any atom is 0.0355 e. The van der Waals surface area contributed by atoms with Gasteiger partial charge in [-0.3, -0.25) is 0 Å². The maximum absolute atomic E-state index is 2.96. The Balaban J connectivity index is 0.860. The van der Waals surface area contributed by atoms with Gasteiger partial charge in [0.15, 0.2) is 0 Å². The van der Waals surface area contributed by atoms with E-state index in [1.54, 1.807) is 61.2 Å².